The molecule has 0 bridgehead atoms. The molecule has 1 aliphatic rings. The van der Waals surface area contributed by atoms with Crippen LogP contribution in [-0.4, -0.2) is 4.98 Å². The van der Waals surface area contributed by atoms with Crippen molar-refractivity contribution in [2.45, 2.75) is 25.2 Å². The van der Waals surface area contributed by atoms with E-state index in [4.69, 9.17) is 0 Å². The van der Waals surface area contributed by atoms with Gasteiger partial charge in [0.15, 0.2) is 3.01 Å². The van der Waals surface area contributed by atoms with Gasteiger partial charge in [0.05, 0.1) is 4.70 Å². The molecule has 1 aliphatic carbocycles. The molecule has 1 saturated carbocycles. The zero-order valence-electron chi connectivity index (χ0n) is 7.13. The molecule has 1 nitrogen and oxygen atoms in total. The second kappa shape index (κ2) is 2.67. The van der Waals surface area contributed by atoms with Crippen LogP contribution < -0.4 is 0 Å². The van der Waals surface area contributed by atoms with Crippen LogP contribution in [0.15, 0.2) is 6.07 Å². The van der Waals surface area contributed by atoms with E-state index in [1.807, 2.05) is 11.3 Å². The summed E-state index contributed by atoms with van der Waals surface area (Å²) in [5.74, 6) is 0. The third kappa shape index (κ3) is 1.34. The number of fused-ring (bicyclic) bond motifs is 1. The molecule has 0 spiro atoms. The summed E-state index contributed by atoms with van der Waals surface area (Å²) in [6.45, 7) is 2.35. The summed E-state index contributed by atoms with van der Waals surface area (Å²) < 4.78 is 2.53. The van der Waals surface area contributed by atoms with Gasteiger partial charge in [0.1, 0.15) is 4.83 Å². The van der Waals surface area contributed by atoms with Gasteiger partial charge in [0.2, 0.25) is 0 Å². The van der Waals surface area contributed by atoms with Crippen LogP contribution in [0.1, 0.15) is 24.6 Å². The summed E-state index contributed by atoms with van der Waals surface area (Å²) in [6, 6.07) is 2.34. The van der Waals surface area contributed by atoms with E-state index in [9.17, 15) is 0 Å². The van der Waals surface area contributed by atoms with Crippen molar-refractivity contribution in [3.8, 4) is 0 Å². The van der Waals surface area contributed by atoms with Crippen molar-refractivity contribution in [2.24, 2.45) is 0 Å². The van der Waals surface area contributed by atoms with Gasteiger partial charge in [-0.15, -0.1) is 22.7 Å². The Morgan fingerprint density at radius 2 is 2.23 bits per heavy atom. The quantitative estimate of drug-likeness (QED) is 0.723. The standard InChI is InChI=1S/C9H8INS2/c1-9(2-3-9)6-4-5-7(13-6)11-8(10)12-5/h4H,2-3H2,1H3. The van der Waals surface area contributed by atoms with Crippen molar-refractivity contribution in [2.75, 3.05) is 0 Å². The molecule has 0 N–H and O–H groups in total. The number of rotatable bonds is 1. The van der Waals surface area contributed by atoms with Gasteiger partial charge in [-0.3, -0.25) is 0 Å². The molecule has 0 radical (unpaired) electrons. The van der Waals surface area contributed by atoms with E-state index in [1.54, 1.807) is 11.3 Å². The topological polar surface area (TPSA) is 12.9 Å². The number of nitrogens with zero attached hydrogens (tertiary/aromatic N) is 1. The Hall–Kier alpha value is 0.320. The lowest BCUT2D eigenvalue weighted by Gasteiger charge is -2.01. The molecule has 4 heteroatoms. The second-order valence-electron chi connectivity index (χ2n) is 3.81. The Kier molecular flexibility index (Phi) is 1.77. The predicted molar refractivity (Wildman–Crippen MR) is 66.8 cm³/mol. The Bertz CT molecular complexity index is 435. The zero-order chi connectivity index (χ0) is 9.05. The maximum absolute atomic E-state index is 4.50. The Morgan fingerprint density at radius 3 is 2.85 bits per heavy atom. The summed E-state index contributed by atoms with van der Waals surface area (Å²) in [6.07, 6.45) is 2.72. The van der Waals surface area contributed by atoms with Gasteiger partial charge in [-0.2, -0.15) is 0 Å². The number of hydrogen-bond acceptors (Lipinski definition) is 3. The molecule has 0 aromatic carbocycles. The minimum absolute atomic E-state index is 0.510. The van der Waals surface area contributed by atoms with E-state index in [0.29, 0.717) is 5.41 Å². The smallest absolute Gasteiger partial charge is 0.156 e. The Balaban J connectivity index is 2.18. The Labute approximate surface area is 98.3 Å². The molecule has 0 aliphatic heterocycles. The van der Waals surface area contributed by atoms with Gasteiger partial charge in [0.25, 0.3) is 0 Å². The summed E-state index contributed by atoms with van der Waals surface area (Å²) in [5, 5.41) is 0. The first-order valence-corrected chi connectivity index (χ1v) is 6.95. The van der Waals surface area contributed by atoms with E-state index in [1.165, 1.54) is 27.2 Å². The number of aromatic nitrogens is 1. The minimum atomic E-state index is 0.510. The van der Waals surface area contributed by atoms with Crippen molar-refractivity contribution in [1.29, 1.82) is 0 Å². The first kappa shape index (κ1) is 8.61. The van der Waals surface area contributed by atoms with Crippen LogP contribution in [0.3, 0.4) is 0 Å². The maximum atomic E-state index is 4.50. The van der Waals surface area contributed by atoms with Crippen molar-refractivity contribution in [1.82, 2.24) is 4.98 Å². The fourth-order valence-electron chi connectivity index (χ4n) is 1.44. The van der Waals surface area contributed by atoms with Crippen molar-refractivity contribution in [3.05, 3.63) is 14.0 Å². The molecule has 2 aromatic rings. The molecule has 1 fully saturated rings. The molecule has 2 heterocycles. The van der Waals surface area contributed by atoms with Gasteiger partial charge in [-0.05, 0) is 41.5 Å². The van der Waals surface area contributed by atoms with Crippen LogP contribution in [0.2, 0.25) is 0 Å². The van der Waals surface area contributed by atoms with Crippen molar-refractivity contribution < 1.29 is 0 Å². The molecule has 13 heavy (non-hydrogen) atoms. The lowest BCUT2D eigenvalue weighted by atomic mass is 10.1. The summed E-state index contributed by atoms with van der Waals surface area (Å²) in [5.41, 5.74) is 0.510. The Morgan fingerprint density at radius 1 is 1.46 bits per heavy atom. The van der Waals surface area contributed by atoms with E-state index in [-0.39, 0.29) is 0 Å². The van der Waals surface area contributed by atoms with Crippen LogP contribution in [0, 0.1) is 3.01 Å². The minimum Gasteiger partial charge on any atom is -0.219 e. The fourth-order valence-corrected chi connectivity index (χ4v) is 4.70. The highest BCUT2D eigenvalue weighted by molar-refractivity contribution is 14.1. The average Bonchev–Trinajstić information content (AvgIpc) is 2.53. The van der Waals surface area contributed by atoms with Crippen LogP contribution >= 0.6 is 45.3 Å². The van der Waals surface area contributed by atoms with Crippen LogP contribution in [-0.2, 0) is 5.41 Å². The average molecular weight is 321 g/mol. The largest absolute Gasteiger partial charge is 0.219 e. The number of thiazole rings is 1. The number of hydrogen-bond donors (Lipinski definition) is 0. The number of halogens is 1. The SMILES string of the molecule is CC1(c2cc3sc(I)nc3s2)CC1. The van der Waals surface area contributed by atoms with Gasteiger partial charge >= 0.3 is 0 Å². The number of thiophene rings is 1. The highest BCUT2D eigenvalue weighted by atomic mass is 127. The van der Waals surface area contributed by atoms with Gasteiger partial charge in [-0.25, -0.2) is 4.98 Å². The molecule has 0 unspecified atom stereocenters. The summed E-state index contributed by atoms with van der Waals surface area (Å²) >= 11 is 5.98. The predicted octanol–water partition coefficient (Wildman–Crippen LogP) is 4.01. The third-order valence-electron chi connectivity index (χ3n) is 2.66. The van der Waals surface area contributed by atoms with E-state index in [0.717, 1.165) is 3.01 Å². The molecular formula is C9H8INS2. The van der Waals surface area contributed by atoms with Crippen LogP contribution in [0.5, 0.6) is 0 Å². The van der Waals surface area contributed by atoms with Crippen LogP contribution in [0.25, 0.3) is 9.53 Å². The molecule has 0 amide bonds. The van der Waals surface area contributed by atoms with Gasteiger partial charge < -0.3 is 0 Å². The van der Waals surface area contributed by atoms with E-state index in [2.05, 4.69) is 40.6 Å². The first-order valence-electron chi connectivity index (χ1n) is 4.24. The highest BCUT2D eigenvalue weighted by Gasteiger charge is 2.40. The lowest BCUT2D eigenvalue weighted by molar-refractivity contribution is 0.810. The summed E-state index contributed by atoms with van der Waals surface area (Å²) in [7, 11) is 0. The van der Waals surface area contributed by atoms with Gasteiger partial charge in [-0.1, -0.05) is 6.92 Å². The zero-order valence-corrected chi connectivity index (χ0v) is 10.9. The maximum Gasteiger partial charge on any atom is 0.156 e. The summed E-state index contributed by atoms with van der Waals surface area (Å²) in [4.78, 5) is 7.27. The first-order chi connectivity index (χ1) is 6.17. The van der Waals surface area contributed by atoms with Gasteiger partial charge in [0, 0.05) is 10.3 Å². The van der Waals surface area contributed by atoms with Crippen molar-refractivity contribution >= 4 is 54.8 Å². The monoisotopic (exact) mass is 321 g/mol. The molecule has 0 atom stereocenters. The third-order valence-corrected chi connectivity index (χ3v) is 5.82. The molecule has 3 rings (SSSR count). The van der Waals surface area contributed by atoms with Crippen molar-refractivity contribution in [3.63, 3.8) is 0 Å². The van der Waals surface area contributed by atoms with Crippen LogP contribution in [0.4, 0.5) is 0 Å². The van der Waals surface area contributed by atoms with E-state index < -0.39 is 0 Å². The normalized spacial score (nSPS) is 19.5. The second-order valence-corrected chi connectivity index (χ2v) is 7.62. The highest BCUT2D eigenvalue weighted by Crippen LogP contribution is 2.51. The molecule has 0 saturated heterocycles. The molecule has 2 aromatic heterocycles. The molecular weight excluding hydrogens is 313 g/mol. The lowest BCUT2D eigenvalue weighted by Crippen LogP contribution is -1.93. The van der Waals surface area contributed by atoms with E-state index >= 15 is 0 Å². The fraction of sp³-hybridized carbons (Fsp3) is 0.444. The molecule has 68 valence electrons.